The maximum absolute atomic E-state index is 14.3. The summed E-state index contributed by atoms with van der Waals surface area (Å²) in [5.41, 5.74) is 3.11. The highest BCUT2D eigenvalue weighted by Gasteiger charge is 2.51. The Morgan fingerprint density at radius 3 is 2.15 bits per heavy atom. The smallest absolute Gasteiger partial charge is 0.410 e. The minimum atomic E-state index is -1.49. The number of benzene rings is 2. The van der Waals surface area contributed by atoms with E-state index in [1.165, 1.54) is 6.07 Å². The van der Waals surface area contributed by atoms with E-state index in [-0.39, 0.29) is 43.0 Å². The van der Waals surface area contributed by atoms with E-state index in [1.54, 1.807) is 4.90 Å². The summed E-state index contributed by atoms with van der Waals surface area (Å²) in [7, 11) is 0. The van der Waals surface area contributed by atoms with Gasteiger partial charge in [-0.05, 0) is 47.2 Å². The fraction of sp³-hybridized carbons (Fsp3) is 0.333. The third-order valence-electron chi connectivity index (χ3n) is 7.63. The van der Waals surface area contributed by atoms with Crippen LogP contribution in [0, 0.1) is 11.9 Å². The lowest BCUT2D eigenvalue weighted by atomic mass is 9.81. The quantitative estimate of drug-likeness (QED) is 0.549. The van der Waals surface area contributed by atoms with Crippen LogP contribution in [0.25, 0.3) is 11.1 Å². The zero-order chi connectivity index (χ0) is 23.4. The van der Waals surface area contributed by atoms with Crippen molar-refractivity contribution in [1.82, 2.24) is 9.88 Å². The van der Waals surface area contributed by atoms with Crippen LogP contribution in [0.2, 0.25) is 0 Å². The number of hydrogen-bond donors (Lipinski definition) is 1. The molecule has 1 N–H and O–H groups in total. The van der Waals surface area contributed by atoms with Gasteiger partial charge in [-0.3, -0.25) is 0 Å². The van der Waals surface area contributed by atoms with Crippen LogP contribution in [0.4, 0.5) is 13.6 Å². The van der Waals surface area contributed by atoms with E-state index in [0.717, 1.165) is 28.3 Å². The Morgan fingerprint density at radius 1 is 0.971 bits per heavy atom. The Hall–Kier alpha value is -3.32. The van der Waals surface area contributed by atoms with Crippen molar-refractivity contribution in [2.24, 2.45) is 0 Å². The number of carbonyl (C=O) groups is 1. The van der Waals surface area contributed by atoms with Crippen molar-refractivity contribution in [2.45, 2.75) is 49.3 Å². The molecule has 174 valence electrons. The van der Waals surface area contributed by atoms with Crippen molar-refractivity contribution in [3.05, 3.63) is 89.2 Å². The summed E-state index contributed by atoms with van der Waals surface area (Å²) in [4.78, 5) is 18.1. The number of carbonyl (C=O) groups excluding carboxylic acids is 1. The molecule has 2 fully saturated rings. The van der Waals surface area contributed by atoms with E-state index in [2.05, 4.69) is 29.2 Å². The van der Waals surface area contributed by atoms with Crippen molar-refractivity contribution < 1.29 is 23.4 Å². The normalized spacial score (nSPS) is 25.2. The molecule has 1 amide bonds. The molecule has 3 aliphatic rings. The summed E-state index contributed by atoms with van der Waals surface area (Å²) in [6.07, 6.45) is 1.32. The van der Waals surface area contributed by atoms with Crippen LogP contribution >= 0.6 is 0 Å². The molecule has 1 aliphatic carbocycles. The molecule has 2 saturated heterocycles. The highest BCUT2D eigenvalue weighted by atomic mass is 19.1. The number of hydrogen-bond acceptors (Lipinski definition) is 4. The molecule has 2 bridgehead atoms. The Kier molecular flexibility index (Phi) is 4.92. The predicted octanol–water partition coefficient (Wildman–Crippen LogP) is 5.12. The van der Waals surface area contributed by atoms with Gasteiger partial charge in [0.1, 0.15) is 6.61 Å². The SMILES string of the molecule is O=C(OCC1c2ccccc2-c2ccccc21)N1C2CCC1CC(O)(c1ccc(F)nc1F)C2. The molecule has 0 saturated carbocycles. The number of rotatable bonds is 3. The summed E-state index contributed by atoms with van der Waals surface area (Å²) in [5.74, 6) is -1.96. The minimum absolute atomic E-state index is 0.0158. The van der Waals surface area contributed by atoms with E-state index < -0.39 is 23.6 Å². The number of piperidine rings is 1. The van der Waals surface area contributed by atoms with Gasteiger partial charge in [0.15, 0.2) is 0 Å². The fourth-order valence-corrected chi connectivity index (χ4v) is 6.17. The molecule has 5 nitrogen and oxygen atoms in total. The lowest BCUT2D eigenvalue weighted by Gasteiger charge is -2.43. The topological polar surface area (TPSA) is 62.7 Å². The van der Waals surface area contributed by atoms with Crippen LogP contribution in [0.3, 0.4) is 0 Å². The van der Waals surface area contributed by atoms with Gasteiger partial charge in [0.2, 0.25) is 11.9 Å². The number of aliphatic hydroxyl groups is 1. The molecule has 2 aromatic carbocycles. The van der Waals surface area contributed by atoms with E-state index in [9.17, 15) is 18.7 Å². The molecule has 3 heterocycles. The maximum atomic E-state index is 14.3. The monoisotopic (exact) mass is 462 g/mol. The molecule has 7 heteroatoms. The third kappa shape index (κ3) is 3.29. The van der Waals surface area contributed by atoms with Gasteiger partial charge in [-0.1, -0.05) is 48.5 Å². The van der Waals surface area contributed by atoms with Crippen LogP contribution in [0.1, 0.15) is 48.3 Å². The first kappa shape index (κ1) is 21.2. The molecule has 34 heavy (non-hydrogen) atoms. The van der Waals surface area contributed by atoms with E-state index in [4.69, 9.17) is 4.74 Å². The van der Waals surface area contributed by atoms with Crippen LogP contribution in [0.15, 0.2) is 60.7 Å². The van der Waals surface area contributed by atoms with Crippen LogP contribution < -0.4 is 0 Å². The summed E-state index contributed by atoms with van der Waals surface area (Å²) in [6, 6.07) is 18.1. The second kappa shape index (κ2) is 7.87. The first-order valence-corrected chi connectivity index (χ1v) is 11.6. The van der Waals surface area contributed by atoms with Crippen LogP contribution in [-0.2, 0) is 10.3 Å². The van der Waals surface area contributed by atoms with Gasteiger partial charge in [-0.15, -0.1) is 0 Å². The van der Waals surface area contributed by atoms with Gasteiger partial charge in [0.05, 0.1) is 5.60 Å². The Bertz CT molecular complexity index is 1220. The van der Waals surface area contributed by atoms with Crippen molar-refractivity contribution in [3.63, 3.8) is 0 Å². The second-order valence-corrected chi connectivity index (χ2v) is 9.51. The van der Waals surface area contributed by atoms with Crippen LogP contribution in [0.5, 0.6) is 0 Å². The number of amides is 1. The number of fused-ring (bicyclic) bond motifs is 5. The molecule has 0 radical (unpaired) electrons. The average Bonchev–Trinajstić information content (AvgIpc) is 3.29. The molecule has 2 unspecified atom stereocenters. The summed E-state index contributed by atoms with van der Waals surface area (Å²) < 4.78 is 33.4. The fourth-order valence-electron chi connectivity index (χ4n) is 6.17. The van der Waals surface area contributed by atoms with E-state index >= 15 is 0 Å². The van der Waals surface area contributed by atoms with Crippen molar-refractivity contribution in [2.75, 3.05) is 6.61 Å². The lowest BCUT2D eigenvalue weighted by Crippen LogP contribution is -2.52. The van der Waals surface area contributed by atoms with Gasteiger partial charge in [0, 0.05) is 36.4 Å². The predicted molar refractivity (Wildman–Crippen MR) is 121 cm³/mol. The first-order chi connectivity index (χ1) is 16.4. The molecule has 0 spiro atoms. The molecule has 2 aliphatic heterocycles. The van der Waals surface area contributed by atoms with Gasteiger partial charge >= 0.3 is 6.09 Å². The zero-order valence-corrected chi connectivity index (χ0v) is 18.5. The Balaban J connectivity index is 1.19. The number of nitrogens with zero attached hydrogens (tertiary/aromatic N) is 2. The number of aromatic nitrogens is 1. The lowest BCUT2D eigenvalue weighted by molar-refractivity contribution is -0.0556. The molecular weight excluding hydrogens is 438 g/mol. The molecule has 3 aromatic rings. The number of pyridine rings is 1. The van der Waals surface area contributed by atoms with Gasteiger partial charge in [-0.2, -0.15) is 13.8 Å². The summed E-state index contributed by atoms with van der Waals surface area (Å²) in [5, 5.41) is 11.2. The van der Waals surface area contributed by atoms with Gasteiger partial charge < -0.3 is 14.7 Å². The number of ether oxygens (including phenoxy) is 1. The highest BCUT2D eigenvalue weighted by Crippen LogP contribution is 2.47. The molecule has 6 rings (SSSR count). The van der Waals surface area contributed by atoms with Gasteiger partial charge in [0.25, 0.3) is 0 Å². The first-order valence-electron chi connectivity index (χ1n) is 11.6. The molecular formula is C27H24F2N2O3. The molecule has 2 atom stereocenters. The zero-order valence-electron chi connectivity index (χ0n) is 18.5. The van der Waals surface area contributed by atoms with Crippen LogP contribution in [-0.4, -0.2) is 39.8 Å². The maximum Gasteiger partial charge on any atom is 0.410 e. The minimum Gasteiger partial charge on any atom is -0.448 e. The number of halogens is 2. The van der Waals surface area contributed by atoms with Crippen molar-refractivity contribution in [3.8, 4) is 11.1 Å². The Morgan fingerprint density at radius 2 is 1.56 bits per heavy atom. The van der Waals surface area contributed by atoms with E-state index in [0.29, 0.717) is 12.8 Å². The third-order valence-corrected chi connectivity index (χ3v) is 7.63. The average molecular weight is 462 g/mol. The van der Waals surface area contributed by atoms with Crippen molar-refractivity contribution in [1.29, 1.82) is 0 Å². The largest absolute Gasteiger partial charge is 0.448 e. The Labute approximate surface area is 196 Å². The molecule has 1 aromatic heterocycles. The van der Waals surface area contributed by atoms with Gasteiger partial charge in [-0.25, -0.2) is 4.79 Å². The summed E-state index contributed by atoms with van der Waals surface area (Å²) in [6.45, 7) is 0.226. The van der Waals surface area contributed by atoms with Crippen molar-refractivity contribution >= 4 is 6.09 Å². The second-order valence-electron chi connectivity index (χ2n) is 9.51. The highest BCUT2D eigenvalue weighted by molar-refractivity contribution is 5.79. The summed E-state index contributed by atoms with van der Waals surface area (Å²) >= 11 is 0. The van der Waals surface area contributed by atoms with E-state index in [1.807, 2.05) is 24.3 Å². The standard InChI is InChI=1S/C27H24F2N2O3/c28-24-12-11-23(25(29)30-24)27(33)13-16-9-10-17(14-27)31(16)26(32)34-15-22-20-7-3-1-5-18(20)19-6-2-4-8-21(19)22/h1-8,11-12,16-17,22,33H,9-10,13-15H2.